The van der Waals surface area contributed by atoms with Crippen molar-refractivity contribution in [1.29, 1.82) is 0 Å². The Labute approximate surface area is 132 Å². The largest absolute Gasteiger partial charge is 0.307 e. The highest BCUT2D eigenvalue weighted by Gasteiger charge is 2.09. The fourth-order valence-corrected chi connectivity index (χ4v) is 2.09. The molecule has 0 unspecified atom stereocenters. The molecular weight excluding hydrogens is 395 g/mol. The summed E-state index contributed by atoms with van der Waals surface area (Å²) >= 11 is 12.6. The van der Waals surface area contributed by atoms with Crippen LogP contribution < -0.4 is 5.32 Å². The SMILES string of the molecule is Cc1nc(NC(=O)c2ccc(Br)c(Cl)c2)ccc1Br. The number of pyridine rings is 1. The summed E-state index contributed by atoms with van der Waals surface area (Å²) in [6, 6.07) is 8.60. The van der Waals surface area contributed by atoms with Crippen molar-refractivity contribution >= 4 is 55.2 Å². The molecule has 0 radical (unpaired) electrons. The van der Waals surface area contributed by atoms with Gasteiger partial charge in [-0.2, -0.15) is 0 Å². The van der Waals surface area contributed by atoms with Crippen LogP contribution in [0.25, 0.3) is 0 Å². The average Bonchev–Trinajstić information content (AvgIpc) is 2.37. The lowest BCUT2D eigenvalue weighted by atomic mass is 10.2. The fourth-order valence-electron chi connectivity index (χ4n) is 1.44. The van der Waals surface area contributed by atoms with E-state index in [4.69, 9.17) is 11.6 Å². The molecule has 19 heavy (non-hydrogen) atoms. The lowest BCUT2D eigenvalue weighted by Crippen LogP contribution is -2.13. The molecule has 0 saturated heterocycles. The maximum absolute atomic E-state index is 12.0. The van der Waals surface area contributed by atoms with Crippen LogP contribution in [0.1, 0.15) is 16.1 Å². The van der Waals surface area contributed by atoms with Crippen molar-refractivity contribution in [2.24, 2.45) is 0 Å². The number of hydrogen-bond acceptors (Lipinski definition) is 2. The first kappa shape index (κ1) is 14.5. The quantitative estimate of drug-likeness (QED) is 0.780. The number of anilines is 1. The van der Waals surface area contributed by atoms with Crippen LogP contribution in [0.15, 0.2) is 39.3 Å². The summed E-state index contributed by atoms with van der Waals surface area (Å²) in [4.78, 5) is 16.3. The molecule has 0 aliphatic heterocycles. The Morgan fingerprint density at radius 3 is 2.53 bits per heavy atom. The molecule has 0 aliphatic carbocycles. The number of aromatic nitrogens is 1. The van der Waals surface area contributed by atoms with E-state index in [1.54, 1.807) is 24.3 Å². The van der Waals surface area contributed by atoms with Crippen LogP contribution >= 0.6 is 43.5 Å². The van der Waals surface area contributed by atoms with Gasteiger partial charge in [-0.25, -0.2) is 4.98 Å². The van der Waals surface area contributed by atoms with E-state index in [0.717, 1.165) is 14.6 Å². The smallest absolute Gasteiger partial charge is 0.256 e. The van der Waals surface area contributed by atoms with E-state index in [-0.39, 0.29) is 5.91 Å². The first-order valence-corrected chi connectivity index (χ1v) is 7.33. The zero-order valence-electron chi connectivity index (χ0n) is 9.88. The Balaban J connectivity index is 2.20. The molecule has 3 nitrogen and oxygen atoms in total. The highest BCUT2D eigenvalue weighted by molar-refractivity contribution is 9.10. The summed E-state index contributed by atoms with van der Waals surface area (Å²) in [5, 5.41) is 3.22. The molecule has 1 aromatic carbocycles. The molecule has 1 amide bonds. The summed E-state index contributed by atoms with van der Waals surface area (Å²) in [7, 11) is 0. The normalized spacial score (nSPS) is 10.3. The van der Waals surface area contributed by atoms with Crippen LogP contribution in [-0.4, -0.2) is 10.9 Å². The number of carbonyl (C=O) groups excluding carboxylic acids is 1. The highest BCUT2D eigenvalue weighted by atomic mass is 79.9. The Morgan fingerprint density at radius 2 is 1.89 bits per heavy atom. The van der Waals surface area contributed by atoms with Gasteiger partial charge in [0.2, 0.25) is 0 Å². The zero-order valence-corrected chi connectivity index (χ0v) is 13.8. The van der Waals surface area contributed by atoms with Crippen LogP contribution in [0, 0.1) is 6.92 Å². The number of amides is 1. The Hall–Kier alpha value is -0.910. The molecule has 0 bridgehead atoms. The van der Waals surface area contributed by atoms with Crippen molar-refractivity contribution < 1.29 is 4.79 Å². The van der Waals surface area contributed by atoms with Crippen molar-refractivity contribution in [3.05, 3.63) is 55.6 Å². The molecule has 0 aliphatic rings. The summed E-state index contributed by atoms with van der Waals surface area (Å²) in [6.45, 7) is 1.86. The molecule has 1 aromatic heterocycles. The van der Waals surface area contributed by atoms with E-state index < -0.39 is 0 Å². The van der Waals surface area contributed by atoms with Gasteiger partial charge in [-0.15, -0.1) is 0 Å². The van der Waals surface area contributed by atoms with E-state index in [1.165, 1.54) is 0 Å². The monoisotopic (exact) mass is 402 g/mol. The topological polar surface area (TPSA) is 42.0 Å². The van der Waals surface area contributed by atoms with E-state index in [1.807, 2.05) is 13.0 Å². The molecule has 0 saturated carbocycles. The van der Waals surface area contributed by atoms with E-state index in [2.05, 4.69) is 42.2 Å². The number of nitrogens with one attached hydrogen (secondary N) is 1. The van der Waals surface area contributed by atoms with Crippen LogP contribution in [0.5, 0.6) is 0 Å². The standard InChI is InChI=1S/C13H9Br2ClN2O/c1-7-9(14)4-5-12(17-7)18-13(19)8-2-3-10(15)11(16)6-8/h2-6H,1H3,(H,17,18,19). The zero-order chi connectivity index (χ0) is 14.0. The minimum Gasteiger partial charge on any atom is -0.307 e. The lowest BCUT2D eigenvalue weighted by molar-refractivity contribution is 0.102. The van der Waals surface area contributed by atoms with Crippen LogP contribution in [0.4, 0.5) is 5.82 Å². The number of aryl methyl sites for hydroxylation is 1. The molecule has 0 atom stereocenters. The highest BCUT2D eigenvalue weighted by Crippen LogP contribution is 2.23. The van der Waals surface area contributed by atoms with E-state index in [0.29, 0.717) is 16.4 Å². The van der Waals surface area contributed by atoms with Gasteiger partial charge in [0.25, 0.3) is 5.91 Å². The minimum atomic E-state index is -0.247. The average molecular weight is 404 g/mol. The van der Waals surface area contributed by atoms with E-state index >= 15 is 0 Å². The molecule has 1 heterocycles. The Morgan fingerprint density at radius 1 is 1.21 bits per heavy atom. The number of nitrogens with zero attached hydrogens (tertiary/aromatic N) is 1. The third-order valence-electron chi connectivity index (χ3n) is 2.44. The van der Waals surface area contributed by atoms with Gasteiger partial charge in [0, 0.05) is 14.5 Å². The maximum Gasteiger partial charge on any atom is 0.256 e. The van der Waals surface area contributed by atoms with Crippen molar-refractivity contribution in [2.75, 3.05) is 5.32 Å². The number of benzene rings is 1. The molecule has 6 heteroatoms. The van der Waals surface area contributed by atoms with Crippen LogP contribution in [0.3, 0.4) is 0 Å². The van der Waals surface area contributed by atoms with Gasteiger partial charge in [-0.3, -0.25) is 4.79 Å². The van der Waals surface area contributed by atoms with Gasteiger partial charge in [0.15, 0.2) is 0 Å². The fraction of sp³-hybridized carbons (Fsp3) is 0.0769. The Kier molecular flexibility index (Phi) is 4.60. The Bertz CT molecular complexity index is 647. The lowest BCUT2D eigenvalue weighted by Gasteiger charge is -2.07. The van der Waals surface area contributed by atoms with Gasteiger partial charge in [0.1, 0.15) is 5.82 Å². The third-order valence-corrected chi connectivity index (χ3v) is 4.52. The van der Waals surface area contributed by atoms with Crippen LogP contribution in [-0.2, 0) is 0 Å². The molecule has 98 valence electrons. The van der Waals surface area contributed by atoms with Crippen LogP contribution in [0.2, 0.25) is 5.02 Å². The van der Waals surface area contributed by atoms with Gasteiger partial charge >= 0.3 is 0 Å². The summed E-state index contributed by atoms with van der Waals surface area (Å²) < 4.78 is 1.65. The summed E-state index contributed by atoms with van der Waals surface area (Å²) in [5.74, 6) is 0.258. The predicted octanol–water partition coefficient (Wildman–Crippen LogP) is 4.82. The molecule has 2 aromatic rings. The minimum absolute atomic E-state index is 0.247. The predicted molar refractivity (Wildman–Crippen MR) is 83.8 cm³/mol. The molecule has 2 rings (SSSR count). The van der Waals surface area contributed by atoms with Crippen molar-refractivity contribution in [2.45, 2.75) is 6.92 Å². The second kappa shape index (κ2) is 6.03. The maximum atomic E-state index is 12.0. The molecule has 1 N–H and O–H groups in total. The molecule has 0 spiro atoms. The van der Waals surface area contributed by atoms with E-state index in [9.17, 15) is 4.79 Å². The van der Waals surface area contributed by atoms with Gasteiger partial charge in [-0.1, -0.05) is 11.6 Å². The number of carbonyl (C=O) groups is 1. The van der Waals surface area contributed by atoms with Gasteiger partial charge in [-0.05, 0) is 69.1 Å². The second-order valence-electron chi connectivity index (χ2n) is 3.85. The van der Waals surface area contributed by atoms with Gasteiger partial charge in [0.05, 0.1) is 10.7 Å². The second-order valence-corrected chi connectivity index (χ2v) is 5.96. The first-order valence-electron chi connectivity index (χ1n) is 5.37. The summed E-state index contributed by atoms with van der Waals surface area (Å²) in [6.07, 6.45) is 0. The molecule has 0 fully saturated rings. The van der Waals surface area contributed by atoms with Crippen molar-refractivity contribution in [1.82, 2.24) is 4.98 Å². The number of hydrogen-bond donors (Lipinski definition) is 1. The first-order chi connectivity index (χ1) is 8.97. The number of halogens is 3. The van der Waals surface area contributed by atoms with Gasteiger partial charge < -0.3 is 5.32 Å². The van der Waals surface area contributed by atoms with Crippen molar-refractivity contribution in [3.8, 4) is 0 Å². The third kappa shape index (κ3) is 3.55. The van der Waals surface area contributed by atoms with Crippen molar-refractivity contribution in [3.63, 3.8) is 0 Å². The summed E-state index contributed by atoms with van der Waals surface area (Å²) in [5.41, 5.74) is 1.29. The molecular formula is C13H9Br2ClN2O. The number of rotatable bonds is 2.